The second-order valence-corrected chi connectivity index (χ2v) is 6.81. The van der Waals surface area contributed by atoms with Gasteiger partial charge in [-0.15, -0.1) is 0 Å². The average Bonchev–Trinajstić information content (AvgIpc) is 2.76. The van der Waals surface area contributed by atoms with Crippen LogP contribution in [0.3, 0.4) is 0 Å². The van der Waals surface area contributed by atoms with Crippen molar-refractivity contribution in [3.05, 3.63) is 45.7 Å². The van der Waals surface area contributed by atoms with Crippen LogP contribution in [0.15, 0.2) is 40.1 Å². The maximum Gasteiger partial charge on any atom is 0.343 e. The molecule has 1 fully saturated rings. The van der Waals surface area contributed by atoms with Crippen LogP contribution in [0.4, 0.5) is 0 Å². The summed E-state index contributed by atoms with van der Waals surface area (Å²) >= 11 is 1.77. The SMILES string of the molecule is CC(=O)C(C(=O)OCc1ccccc1)=C1SC(O)C(O)S1. The summed E-state index contributed by atoms with van der Waals surface area (Å²) in [5, 5.41) is 19.0. The molecule has 2 atom stereocenters. The summed E-state index contributed by atoms with van der Waals surface area (Å²) in [6.07, 6.45) is 0. The zero-order chi connectivity index (χ0) is 15.4. The number of Topliss-reactive ketones (excluding diaryl/α,β-unsaturated/α-hetero) is 1. The summed E-state index contributed by atoms with van der Waals surface area (Å²) in [7, 11) is 0. The summed E-state index contributed by atoms with van der Waals surface area (Å²) in [4.78, 5) is 23.7. The topological polar surface area (TPSA) is 83.8 Å². The Hall–Kier alpha value is -1.28. The molecule has 0 saturated carbocycles. The third-order valence-corrected chi connectivity index (χ3v) is 5.26. The molecule has 0 spiro atoms. The third kappa shape index (κ3) is 4.10. The van der Waals surface area contributed by atoms with Crippen LogP contribution < -0.4 is 0 Å². The maximum atomic E-state index is 12.1. The summed E-state index contributed by atoms with van der Waals surface area (Å²) in [5.41, 5.74) is -1.43. The number of ether oxygens (including phenoxy) is 1. The first-order valence-electron chi connectivity index (χ1n) is 6.14. The fourth-order valence-corrected chi connectivity index (χ4v) is 4.16. The normalized spacial score (nSPS) is 21.2. The van der Waals surface area contributed by atoms with E-state index < -0.39 is 22.6 Å². The lowest BCUT2D eigenvalue weighted by Gasteiger charge is -2.08. The van der Waals surface area contributed by atoms with Crippen LogP contribution >= 0.6 is 23.5 Å². The molecule has 2 N–H and O–H groups in total. The van der Waals surface area contributed by atoms with Gasteiger partial charge in [0.05, 0.1) is 4.24 Å². The predicted molar refractivity (Wildman–Crippen MR) is 81.1 cm³/mol. The highest BCUT2D eigenvalue weighted by Gasteiger charge is 2.34. The van der Waals surface area contributed by atoms with E-state index in [2.05, 4.69) is 0 Å². The quantitative estimate of drug-likeness (QED) is 0.377. The van der Waals surface area contributed by atoms with Gasteiger partial charge < -0.3 is 14.9 Å². The summed E-state index contributed by atoms with van der Waals surface area (Å²) in [5.74, 6) is -1.20. The van der Waals surface area contributed by atoms with Crippen molar-refractivity contribution in [1.82, 2.24) is 0 Å². The van der Waals surface area contributed by atoms with Crippen molar-refractivity contribution < 1.29 is 24.5 Å². The molecule has 7 heteroatoms. The predicted octanol–water partition coefficient (Wildman–Crippen LogP) is 1.65. The molecule has 0 aromatic heterocycles. The molecule has 1 aliphatic heterocycles. The number of ketones is 1. The lowest BCUT2D eigenvalue weighted by molar-refractivity contribution is -0.141. The minimum Gasteiger partial charge on any atom is -0.457 e. The molecule has 0 bridgehead atoms. The van der Waals surface area contributed by atoms with E-state index >= 15 is 0 Å². The number of hydrogen-bond acceptors (Lipinski definition) is 7. The highest BCUT2D eigenvalue weighted by molar-refractivity contribution is 8.25. The molecule has 1 aliphatic rings. The Morgan fingerprint density at radius 2 is 1.71 bits per heavy atom. The second-order valence-electron chi connectivity index (χ2n) is 4.30. The van der Waals surface area contributed by atoms with Crippen LogP contribution in [0, 0.1) is 0 Å². The average molecular weight is 326 g/mol. The number of benzene rings is 1. The Morgan fingerprint density at radius 1 is 1.14 bits per heavy atom. The number of thioether (sulfide) groups is 2. The first kappa shape index (κ1) is 16.1. The molecule has 1 saturated heterocycles. The molecule has 1 heterocycles. The molecule has 0 amide bonds. The van der Waals surface area contributed by atoms with Gasteiger partial charge in [-0.25, -0.2) is 4.79 Å². The fraction of sp³-hybridized carbons (Fsp3) is 0.286. The number of esters is 1. The Bertz CT molecular complexity index is 558. The van der Waals surface area contributed by atoms with E-state index in [1.54, 1.807) is 12.1 Å². The molecule has 21 heavy (non-hydrogen) atoms. The molecule has 2 unspecified atom stereocenters. The Kier molecular flexibility index (Phi) is 5.46. The molecule has 0 radical (unpaired) electrons. The molecule has 5 nitrogen and oxygen atoms in total. The Labute approximate surface area is 130 Å². The largest absolute Gasteiger partial charge is 0.457 e. The van der Waals surface area contributed by atoms with Gasteiger partial charge in [0.2, 0.25) is 0 Å². The standard InChI is InChI=1S/C14H14O5S2/c1-8(15)10(14-20-12(17)13(18)21-14)11(16)19-7-9-5-3-2-4-6-9/h2-6,12-13,17-18H,7H2,1H3. The van der Waals surface area contributed by atoms with Crippen molar-refractivity contribution >= 4 is 35.3 Å². The first-order chi connectivity index (χ1) is 9.99. The highest BCUT2D eigenvalue weighted by Crippen LogP contribution is 2.46. The highest BCUT2D eigenvalue weighted by atomic mass is 32.2. The minimum atomic E-state index is -1.05. The van der Waals surface area contributed by atoms with Crippen molar-refractivity contribution in [3.8, 4) is 0 Å². The number of carbonyl (C=O) groups excluding carboxylic acids is 2. The van der Waals surface area contributed by atoms with Crippen LogP contribution in [-0.4, -0.2) is 32.8 Å². The van der Waals surface area contributed by atoms with Gasteiger partial charge in [-0.3, -0.25) is 4.79 Å². The zero-order valence-electron chi connectivity index (χ0n) is 11.2. The van der Waals surface area contributed by atoms with Gasteiger partial charge in [-0.1, -0.05) is 53.9 Å². The van der Waals surface area contributed by atoms with E-state index in [-0.39, 0.29) is 12.2 Å². The maximum absolute atomic E-state index is 12.1. The van der Waals surface area contributed by atoms with Gasteiger partial charge in [-0.05, 0) is 12.5 Å². The minimum absolute atomic E-state index is 0.0597. The number of hydrogen-bond donors (Lipinski definition) is 2. The number of aliphatic hydroxyl groups excluding tert-OH is 2. The summed E-state index contributed by atoms with van der Waals surface area (Å²) in [6, 6.07) is 9.11. The van der Waals surface area contributed by atoms with Gasteiger partial charge in [-0.2, -0.15) is 0 Å². The lowest BCUT2D eigenvalue weighted by Crippen LogP contribution is -2.14. The van der Waals surface area contributed by atoms with E-state index in [1.807, 2.05) is 18.2 Å². The molecular formula is C14H14O5S2. The van der Waals surface area contributed by atoms with Crippen LogP contribution in [-0.2, 0) is 20.9 Å². The molecule has 1 aromatic carbocycles. The van der Waals surface area contributed by atoms with Gasteiger partial charge in [0, 0.05) is 0 Å². The van der Waals surface area contributed by atoms with Crippen molar-refractivity contribution in [1.29, 1.82) is 0 Å². The van der Waals surface area contributed by atoms with E-state index in [1.165, 1.54) is 6.92 Å². The molecule has 112 valence electrons. The molecular weight excluding hydrogens is 312 g/mol. The number of rotatable bonds is 4. The van der Waals surface area contributed by atoms with E-state index in [9.17, 15) is 19.8 Å². The van der Waals surface area contributed by atoms with Crippen molar-refractivity contribution in [2.45, 2.75) is 24.4 Å². The summed E-state index contributed by atoms with van der Waals surface area (Å²) in [6.45, 7) is 1.31. The monoisotopic (exact) mass is 326 g/mol. The van der Waals surface area contributed by atoms with Crippen LogP contribution in [0.1, 0.15) is 12.5 Å². The summed E-state index contributed by atoms with van der Waals surface area (Å²) < 4.78 is 5.42. The molecule has 1 aromatic rings. The van der Waals surface area contributed by atoms with Crippen LogP contribution in [0.5, 0.6) is 0 Å². The smallest absolute Gasteiger partial charge is 0.343 e. The Morgan fingerprint density at radius 3 is 2.24 bits per heavy atom. The van der Waals surface area contributed by atoms with Gasteiger partial charge in [0.15, 0.2) is 5.78 Å². The first-order valence-corrected chi connectivity index (χ1v) is 7.90. The Balaban J connectivity index is 2.10. The van der Waals surface area contributed by atoms with Gasteiger partial charge >= 0.3 is 5.97 Å². The van der Waals surface area contributed by atoms with E-state index in [4.69, 9.17) is 4.74 Å². The lowest BCUT2D eigenvalue weighted by atomic mass is 10.2. The third-order valence-electron chi connectivity index (χ3n) is 2.67. The van der Waals surface area contributed by atoms with E-state index in [0.717, 1.165) is 29.1 Å². The zero-order valence-corrected chi connectivity index (χ0v) is 12.8. The van der Waals surface area contributed by atoms with Crippen molar-refractivity contribution in [2.24, 2.45) is 0 Å². The molecule has 0 aliphatic carbocycles. The van der Waals surface area contributed by atoms with Crippen molar-refractivity contribution in [2.75, 3.05) is 0 Å². The van der Waals surface area contributed by atoms with Crippen LogP contribution in [0.25, 0.3) is 0 Å². The fourth-order valence-electron chi connectivity index (χ4n) is 1.65. The van der Waals surface area contributed by atoms with Gasteiger partial charge in [0.1, 0.15) is 23.1 Å². The number of carbonyl (C=O) groups is 2. The second kappa shape index (κ2) is 7.13. The molecule has 2 rings (SSSR count). The number of aliphatic hydroxyl groups is 2. The van der Waals surface area contributed by atoms with Crippen LogP contribution in [0.2, 0.25) is 0 Å². The van der Waals surface area contributed by atoms with Crippen molar-refractivity contribution in [3.63, 3.8) is 0 Å². The van der Waals surface area contributed by atoms with Gasteiger partial charge in [0.25, 0.3) is 0 Å². The van der Waals surface area contributed by atoms with E-state index in [0.29, 0.717) is 4.24 Å².